The Kier molecular flexibility index (Phi) is 6.70. The van der Waals surface area contributed by atoms with Gasteiger partial charge in [-0.1, -0.05) is 48.6 Å². The quantitative estimate of drug-likeness (QED) is 0.366. The van der Waals surface area contributed by atoms with E-state index >= 15 is 0 Å². The molecule has 2 heterocycles. The van der Waals surface area contributed by atoms with Crippen LogP contribution in [0.3, 0.4) is 0 Å². The number of carboxylic acids is 2. The van der Waals surface area contributed by atoms with Gasteiger partial charge in [-0.2, -0.15) is 0 Å². The molecule has 0 aliphatic heterocycles. The van der Waals surface area contributed by atoms with Crippen LogP contribution in [0.5, 0.6) is 0 Å². The van der Waals surface area contributed by atoms with Crippen LogP contribution in [0.25, 0.3) is 35.7 Å². The van der Waals surface area contributed by atoms with Gasteiger partial charge in [0.05, 0.1) is 22.5 Å². The number of pyridine rings is 2. The standard InChI is InChI=1S/C28H20N2O4/c31-27(32)23-9-5-19(6-10-23)1-3-21-13-15-29-25(17-21)26-18-22(14-16-30-26)4-2-20-7-11-24(12-8-20)28(33)34/h1-18H,(H,31,32)(H,33,34)/b3-1+,4-2+. The molecule has 0 spiro atoms. The van der Waals surface area contributed by atoms with Gasteiger partial charge in [0.1, 0.15) is 0 Å². The molecule has 34 heavy (non-hydrogen) atoms. The first-order chi connectivity index (χ1) is 16.5. The molecule has 0 amide bonds. The molecule has 0 fully saturated rings. The molecule has 0 bridgehead atoms. The summed E-state index contributed by atoms with van der Waals surface area (Å²) in [6, 6.07) is 21.0. The fourth-order valence-electron chi connectivity index (χ4n) is 3.24. The smallest absolute Gasteiger partial charge is 0.335 e. The van der Waals surface area contributed by atoms with Gasteiger partial charge < -0.3 is 10.2 Å². The first-order valence-corrected chi connectivity index (χ1v) is 10.4. The third kappa shape index (κ3) is 5.69. The van der Waals surface area contributed by atoms with Gasteiger partial charge in [-0.15, -0.1) is 0 Å². The van der Waals surface area contributed by atoms with Crippen molar-refractivity contribution in [3.8, 4) is 11.4 Å². The zero-order valence-corrected chi connectivity index (χ0v) is 18.0. The van der Waals surface area contributed by atoms with Crippen LogP contribution in [0.1, 0.15) is 43.0 Å². The zero-order valence-electron chi connectivity index (χ0n) is 18.0. The summed E-state index contributed by atoms with van der Waals surface area (Å²) in [5.74, 6) is -1.90. The van der Waals surface area contributed by atoms with Gasteiger partial charge >= 0.3 is 11.9 Å². The summed E-state index contributed by atoms with van der Waals surface area (Å²) in [7, 11) is 0. The molecule has 6 nitrogen and oxygen atoms in total. The molecule has 166 valence electrons. The fraction of sp³-hybridized carbons (Fsp3) is 0. The molecule has 2 N–H and O–H groups in total. The third-order valence-electron chi connectivity index (χ3n) is 5.08. The van der Waals surface area contributed by atoms with Crippen LogP contribution in [0.4, 0.5) is 0 Å². The molecule has 0 radical (unpaired) electrons. The maximum atomic E-state index is 11.0. The molecule has 4 rings (SSSR count). The van der Waals surface area contributed by atoms with Crippen molar-refractivity contribution in [2.75, 3.05) is 0 Å². The second kappa shape index (κ2) is 10.2. The van der Waals surface area contributed by atoms with E-state index in [1.54, 1.807) is 60.9 Å². The van der Waals surface area contributed by atoms with Gasteiger partial charge in [-0.05, 0) is 70.8 Å². The molecule has 0 aliphatic rings. The summed E-state index contributed by atoms with van der Waals surface area (Å²) in [5, 5.41) is 18.0. The largest absolute Gasteiger partial charge is 0.478 e. The lowest BCUT2D eigenvalue weighted by Crippen LogP contribution is -1.94. The van der Waals surface area contributed by atoms with Crippen molar-refractivity contribution in [1.82, 2.24) is 9.97 Å². The van der Waals surface area contributed by atoms with E-state index in [4.69, 9.17) is 10.2 Å². The van der Waals surface area contributed by atoms with Crippen molar-refractivity contribution in [2.24, 2.45) is 0 Å². The summed E-state index contributed by atoms with van der Waals surface area (Å²) >= 11 is 0. The van der Waals surface area contributed by atoms with Crippen molar-refractivity contribution >= 4 is 36.2 Å². The maximum absolute atomic E-state index is 11.0. The number of aromatic carboxylic acids is 2. The van der Waals surface area contributed by atoms with E-state index in [0.29, 0.717) is 0 Å². The Morgan fingerprint density at radius 1 is 0.529 bits per heavy atom. The van der Waals surface area contributed by atoms with Crippen LogP contribution in [0.2, 0.25) is 0 Å². The highest BCUT2D eigenvalue weighted by Crippen LogP contribution is 2.19. The lowest BCUT2D eigenvalue weighted by atomic mass is 10.1. The molecule has 0 atom stereocenters. The van der Waals surface area contributed by atoms with Crippen molar-refractivity contribution in [1.29, 1.82) is 0 Å². The summed E-state index contributed by atoms with van der Waals surface area (Å²) < 4.78 is 0. The minimum Gasteiger partial charge on any atom is -0.478 e. The minimum absolute atomic E-state index is 0.251. The highest BCUT2D eigenvalue weighted by Gasteiger charge is 2.04. The minimum atomic E-state index is -0.949. The summed E-state index contributed by atoms with van der Waals surface area (Å²) in [5.41, 5.74) is 5.62. The van der Waals surface area contributed by atoms with Crippen LogP contribution in [-0.2, 0) is 0 Å². The van der Waals surface area contributed by atoms with E-state index in [-0.39, 0.29) is 11.1 Å². The molecular weight excluding hydrogens is 428 g/mol. The monoisotopic (exact) mass is 448 g/mol. The van der Waals surface area contributed by atoms with Crippen molar-refractivity contribution in [3.63, 3.8) is 0 Å². The first kappa shape index (κ1) is 22.4. The van der Waals surface area contributed by atoms with Crippen molar-refractivity contribution in [3.05, 3.63) is 119 Å². The van der Waals surface area contributed by atoms with Gasteiger partial charge in [0.15, 0.2) is 0 Å². The summed E-state index contributed by atoms with van der Waals surface area (Å²) in [6.45, 7) is 0. The van der Waals surface area contributed by atoms with Crippen molar-refractivity contribution < 1.29 is 19.8 Å². The SMILES string of the molecule is O=C(O)c1ccc(/C=C/c2ccnc(-c3cc(/C=C/c4ccc(C(=O)O)cc4)ccn3)c2)cc1. The Labute approximate surface area is 196 Å². The average molecular weight is 448 g/mol. The lowest BCUT2D eigenvalue weighted by molar-refractivity contribution is 0.0686. The van der Waals surface area contributed by atoms with E-state index in [0.717, 1.165) is 33.6 Å². The van der Waals surface area contributed by atoms with E-state index in [1.807, 2.05) is 48.6 Å². The molecule has 6 heteroatoms. The normalized spacial score (nSPS) is 11.2. The van der Waals surface area contributed by atoms with Crippen LogP contribution >= 0.6 is 0 Å². The molecule has 2 aromatic carbocycles. The number of carbonyl (C=O) groups is 2. The molecular formula is C28H20N2O4. The van der Waals surface area contributed by atoms with E-state index in [1.165, 1.54) is 0 Å². The Balaban J connectivity index is 1.50. The van der Waals surface area contributed by atoms with Crippen LogP contribution in [0.15, 0.2) is 85.2 Å². The maximum Gasteiger partial charge on any atom is 0.335 e. The summed E-state index contributed by atoms with van der Waals surface area (Å²) in [4.78, 5) is 30.8. The molecule has 0 saturated carbocycles. The van der Waals surface area contributed by atoms with Gasteiger partial charge in [0.2, 0.25) is 0 Å². The number of aromatic nitrogens is 2. The average Bonchev–Trinajstić information content (AvgIpc) is 2.87. The lowest BCUT2D eigenvalue weighted by Gasteiger charge is -2.03. The van der Waals surface area contributed by atoms with Crippen LogP contribution in [-0.4, -0.2) is 32.1 Å². The summed E-state index contributed by atoms with van der Waals surface area (Å²) in [6.07, 6.45) is 11.1. The Hall–Kier alpha value is -4.84. The van der Waals surface area contributed by atoms with Gasteiger partial charge in [0.25, 0.3) is 0 Å². The highest BCUT2D eigenvalue weighted by atomic mass is 16.4. The third-order valence-corrected chi connectivity index (χ3v) is 5.08. The number of hydrogen-bond donors (Lipinski definition) is 2. The number of carboxylic acid groups (broad SMARTS) is 2. The van der Waals surface area contributed by atoms with Crippen LogP contribution in [0, 0.1) is 0 Å². The first-order valence-electron chi connectivity index (χ1n) is 10.4. The molecule has 0 unspecified atom stereocenters. The van der Waals surface area contributed by atoms with E-state index in [2.05, 4.69) is 9.97 Å². The molecule has 4 aromatic rings. The van der Waals surface area contributed by atoms with Crippen LogP contribution < -0.4 is 0 Å². The fourth-order valence-corrected chi connectivity index (χ4v) is 3.24. The van der Waals surface area contributed by atoms with E-state index < -0.39 is 11.9 Å². The molecule has 2 aromatic heterocycles. The van der Waals surface area contributed by atoms with E-state index in [9.17, 15) is 9.59 Å². The van der Waals surface area contributed by atoms with Gasteiger partial charge in [0, 0.05) is 12.4 Å². The number of hydrogen-bond acceptors (Lipinski definition) is 4. The topological polar surface area (TPSA) is 100 Å². The van der Waals surface area contributed by atoms with Gasteiger partial charge in [-0.25, -0.2) is 9.59 Å². The number of nitrogens with zero attached hydrogens (tertiary/aromatic N) is 2. The number of benzene rings is 2. The Morgan fingerprint density at radius 3 is 1.24 bits per heavy atom. The predicted molar refractivity (Wildman–Crippen MR) is 132 cm³/mol. The molecule has 0 aliphatic carbocycles. The second-order valence-electron chi connectivity index (χ2n) is 7.47. The Morgan fingerprint density at radius 2 is 0.882 bits per heavy atom. The number of rotatable bonds is 7. The molecule has 0 saturated heterocycles. The van der Waals surface area contributed by atoms with Crippen molar-refractivity contribution in [2.45, 2.75) is 0 Å². The highest BCUT2D eigenvalue weighted by molar-refractivity contribution is 5.88. The predicted octanol–water partition coefficient (Wildman–Crippen LogP) is 5.88. The van der Waals surface area contributed by atoms with Gasteiger partial charge in [-0.3, -0.25) is 9.97 Å². The Bertz CT molecular complexity index is 1280. The zero-order chi connectivity index (χ0) is 23.9. The second-order valence-corrected chi connectivity index (χ2v) is 7.47.